The highest BCUT2D eigenvalue weighted by Gasteiger charge is 2.35. The molecule has 2 heterocycles. The first kappa shape index (κ1) is 23.3. The predicted octanol–water partition coefficient (Wildman–Crippen LogP) is 4.94. The maximum atomic E-state index is 13.3. The van der Waals surface area contributed by atoms with E-state index in [9.17, 15) is 9.59 Å². The SMILES string of the molecule is COc1cc(C2CC(=O)Oc3cc(OC)c4c(=O)cc(-c5ccccc5)oc4c32)cc(OC)c1OC. The minimum absolute atomic E-state index is 0.0202. The van der Waals surface area contributed by atoms with E-state index in [2.05, 4.69) is 0 Å². The Hall–Kier alpha value is -4.46. The normalized spacial score (nSPS) is 14.7. The van der Waals surface area contributed by atoms with Gasteiger partial charge in [0.05, 0.1) is 34.9 Å². The minimum atomic E-state index is -0.516. The van der Waals surface area contributed by atoms with Gasteiger partial charge in [-0.25, -0.2) is 0 Å². The number of ether oxygens (including phenoxy) is 5. The van der Waals surface area contributed by atoms with E-state index in [1.165, 1.54) is 34.5 Å². The molecule has 0 radical (unpaired) electrons. The van der Waals surface area contributed by atoms with Crippen molar-refractivity contribution >= 4 is 16.9 Å². The zero-order valence-corrected chi connectivity index (χ0v) is 20.2. The summed E-state index contributed by atoms with van der Waals surface area (Å²) in [5.41, 5.74) is 2.04. The molecule has 1 unspecified atom stereocenters. The molecule has 0 aliphatic carbocycles. The van der Waals surface area contributed by atoms with E-state index < -0.39 is 11.9 Å². The number of fused-ring (bicyclic) bond motifs is 3. The summed E-state index contributed by atoms with van der Waals surface area (Å²) in [7, 11) is 6.02. The van der Waals surface area contributed by atoms with Gasteiger partial charge in [0.15, 0.2) is 16.9 Å². The summed E-state index contributed by atoms with van der Waals surface area (Å²) in [5, 5.41) is 0.270. The first-order valence-corrected chi connectivity index (χ1v) is 11.2. The fourth-order valence-electron chi connectivity index (χ4n) is 4.64. The number of carbonyl (C=O) groups is 1. The van der Waals surface area contributed by atoms with Gasteiger partial charge in [-0.3, -0.25) is 9.59 Å². The van der Waals surface area contributed by atoms with Crippen molar-refractivity contribution in [2.24, 2.45) is 0 Å². The van der Waals surface area contributed by atoms with Crippen molar-refractivity contribution in [2.45, 2.75) is 12.3 Å². The molecule has 3 aromatic carbocycles. The van der Waals surface area contributed by atoms with Gasteiger partial charge < -0.3 is 28.1 Å². The molecule has 8 nitrogen and oxygen atoms in total. The molecule has 0 spiro atoms. The van der Waals surface area contributed by atoms with Gasteiger partial charge in [-0.2, -0.15) is 0 Å². The van der Waals surface area contributed by atoms with Crippen LogP contribution in [0.3, 0.4) is 0 Å². The van der Waals surface area contributed by atoms with Crippen molar-refractivity contribution in [1.82, 2.24) is 0 Å². The summed E-state index contributed by atoms with van der Waals surface area (Å²) < 4.78 is 34.0. The third-order valence-electron chi connectivity index (χ3n) is 6.28. The number of benzene rings is 3. The molecule has 0 fully saturated rings. The van der Waals surface area contributed by atoms with E-state index in [4.69, 9.17) is 28.1 Å². The van der Waals surface area contributed by atoms with E-state index in [-0.39, 0.29) is 28.7 Å². The van der Waals surface area contributed by atoms with Crippen molar-refractivity contribution in [2.75, 3.05) is 28.4 Å². The standard InChI is InChI=1S/C28H24O8/c1-31-20-14-21-25(28-26(20)18(29)13-19(36-28)15-8-6-5-7-9-15)17(12-24(30)35-21)16-10-22(32-2)27(34-4)23(11-16)33-3/h5-11,13-14,17H,12H2,1-4H3. The zero-order chi connectivity index (χ0) is 25.4. The maximum absolute atomic E-state index is 13.3. The molecule has 0 N–H and O–H groups in total. The quantitative estimate of drug-likeness (QED) is 0.278. The highest BCUT2D eigenvalue weighted by Crippen LogP contribution is 2.49. The Morgan fingerprint density at radius 3 is 2.08 bits per heavy atom. The van der Waals surface area contributed by atoms with Crippen molar-refractivity contribution in [3.63, 3.8) is 0 Å². The lowest BCUT2D eigenvalue weighted by molar-refractivity contribution is -0.135. The van der Waals surface area contributed by atoms with E-state index in [0.717, 1.165) is 5.56 Å². The third-order valence-corrected chi connectivity index (χ3v) is 6.28. The lowest BCUT2D eigenvalue weighted by atomic mass is 9.84. The molecule has 0 saturated carbocycles. The Morgan fingerprint density at radius 2 is 1.47 bits per heavy atom. The highest BCUT2D eigenvalue weighted by atomic mass is 16.5. The van der Waals surface area contributed by atoms with Gasteiger partial charge in [0.2, 0.25) is 5.75 Å². The van der Waals surface area contributed by atoms with E-state index in [1.54, 1.807) is 18.2 Å². The third kappa shape index (κ3) is 3.80. The van der Waals surface area contributed by atoms with E-state index in [1.807, 2.05) is 30.3 Å². The summed E-state index contributed by atoms with van der Waals surface area (Å²) in [6, 6.07) is 15.9. The van der Waals surface area contributed by atoms with Crippen LogP contribution in [0.5, 0.6) is 28.7 Å². The number of rotatable bonds is 6. The lowest BCUT2D eigenvalue weighted by Gasteiger charge is -2.27. The van der Waals surface area contributed by atoms with Crippen molar-refractivity contribution in [3.8, 4) is 40.1 Å². The van der Waals surface area contributed by atoms with Crippen molar-refractivity contribution in [3.05, 3.63) is 75.9 Å². The van der Waals surface area contributed by atoms with Gasteiger partial charge in [-0.1, -0.05) is 30.3 Å². The van der Waals surface area contributed by atoms with Gasteiger partial charge in [0.1, 0.15) is 28.2 Å². The van der Waals surface area contributed by atoms with Crippen LogP contribution < -0.4 is 29.1 Å². The molecular weight excluding hydrogens is 464 g/mol. The number of methoxy groups -OCH3 is 4. The summed E-state index contributed by atoms with van der Waals surface area (Å²) in [6.07, 6.45) is 0.0202. The second-order valence-corrected chi connectivity index (χ2v) is 8.23. The van der Waals surface area contributed by atoms with Crippen LogP contribution in [0.4, 0.5) is 0 Å². The molecule has 1 aliphatic heterocycles. The Kier molecular flexibility index (Phi) is 6.01. The Labute approximate surface area is 206 Å². The van der Waals surface area contributed by atoms with Crippen LogP contribution in [0, 0.1) is 0 Å². The largest absolute Gasteiger partial charge is 0.496 e. The first-order valence-electron chi connectivity index (χ1n) is 11.2. The average molecular weight is 488 g/mol. The topological polar surface area (TPSA) is 93.4 Å². The monoisotopic (exact) mass is 488 g/mol. The second-order valence-electron chi connectivity index (χ2n) is 8.23. The molecular formula is C28H24O8. The smallest absolute Gasteiger partial charge is 0.312 e. The summed E-state index contributed by atoms with van der Waals surface area (Å²) >= 11 is 0. The summed E-state index contributed by atoms with van der Waals surface area (Å²) in [6.45, 7) is 0. The maximum Gasteiger partial charge on any atom is 0.312 e. The van der Waals surface area contributed by atoms with Gasteiger partial charge in [0, 0.05) is 29.2 Å². The number of esters is 1. The Bertz CT molecular complexity index is 1500. The number of hydrogen-bond acceptors (Lipinski definition) is 8. The van der Waals surface area contributed by atoms with Gasteiger partial charge >= 0.3 is 5.97 Å². The lowest BCUT2D eigenvalue weighted by Crippen LogP contribution is -2.22. The predicted molar refractivity (Wildman–Crippen MR) is 133 cm³/mol. The Balaban J connectivity index is 1.83. The highest BCUT2D eigenvalue weighted by molar-refractivity contribution is 5.93. The fraction of sp³-hybridized carbons (Fsp3) is 0.214. The van der Waals surface area contributed by atoms with Crippen LogP contribution in [0.2, 0.25) is 0 Å². The zero-order valence-electron chi connectivity index (χ0n) is 20.2. The molecule has 1 aromatic heterocycles. The summed E-state index contributed by atoms with van der Waals surface area (Å²) in [5.74, 6) is 1.29. The van der Waals surface area contributed by atoms with Crippen LogP contribution in [0.15, 0.2) is 63.8 Å². The molecule has 5 rings (SSSR count). The van der Waals surface area contributed by atoms with Crippen LogP contribution in [-0.4, -0.2) is 34.4 Å². The molecule has 4 aromatic rings. The molecule has 0 amide bonds. The molecule has 8 heteroatoms. The van der Waals surface area contributed by atoms with Crippen LogP contribution in [-0.2, 0) is 4.79 Å². The summed E-state index contributed by atoms with van der Waals surface area (Å²) in [4.78, 5) is 26.0. The first-order chi connectivity index (χ1) is 17.5. The molecule has 0 saturated heterocycles. The van der Waals surface area contributed by atoms with Crippen molar-refractivity contribution in [1.29, 1.82) is 0 Å². The van der Waals surface area contributed by atoms with Gasteiger partial charge in [0.25, 0.3) is 0 Å². The molecule has 1 atom stereocenters. The van der Waals surface area contributed by atoms with Crippen LogP contribution in [0.25, 0.3) is 22.3 Å². The van der Waals surface area contributed by atoms with Gasteiger partial charge in [-0.15, -0.1) is 0 Å². The minimum Gasteiger partial charge on any atom is -0.496 e. The van der Waals surface area contributed by atoms with Gasteiger partial charge in [-0.05, 0) is 17.7 Å². The van der Waals surface area contributed by atoms with Crippen LogP contribution >= 0.6 is 0 Å². The van der Waals surface area contributed by atoms with Crippen molar-refractivity contribution < 1.29 is 32.9 Å². The molecule has 184 valence electrons. The number of carbonyl (C=O) groups excluding carboxylic acids is 1. The van der Waals surface area contributed by atoms with E-state index >= 15 is 0 Å². The van der Waals surface area contributed by atoms with Crippen LogP contribution in [0.1, 0.15) is 23.5 Å². The van der Waals surface area contributed by atoms with E-state index in [0.29, 0.717) is 39.7 Å². The second kappa shape index (κ2) is 9.30. The Morgan fingerprint density at radius 1 is 0.806 bits per heavy atom. The fourth-order valence-corrected chi connectivity index (χ4v) is 4.64. The molecule has 36 heavy (non-hydrogen) atoms. The number of hydrogen-bond donors (Lipinski definition) is 0. The molecule has 0 bridgehead atoms. The average Bonchev–Trinajstić information content (AvgIpc) is 2.91. The molecule has 1 aliphatic rings.